The first-order chi connectivity index (χ1) is 10.5. The third kappa shape index (κ3) is 4.10. The van der Waals surface area contributed by atoms with Crippen molar-refractivity contribution < 1.29 is 4.52 Å². The maximum absolute atomic E-state index is 5.95. The molecule has 118 valence electrons. The van der Waals surface area contributed by atoms with Gasteiger partial charge in [-0.15, -0.1) is 0 Å². The molecular weight excluding hydrogens is 276 g/mol. The van der Waals surface area contributed by atoms with Crippen molar-refractivity contribution in [2.24, 2.45) is 10.7 Å². The zero-order valence-electron chi connectivity index (χ0n) is 13.7. The summed E-state index contributed by atoms with van der Waals surface area (Å²) in [4.78, 5) is 4.36. The van der Waals surface area contributed by atoms with Crippen molar-refractivity contribution >= 4 is 11.6 Å². The fraction of sp³-hybridized carbons (Fsp3) is 0.412. The van der Waals surface area contributed by atoms with E-state index in [-0.39, 0.29) is 0 Å². The van der Waals surface area contributed by atoms with Gasteiger partial charge in [-0.05, 0) is 43.9 Å². The minimum Gasteiger partial charge on any atom is -0.370 e. The number of hydrogen-bond donors (Lipinski definition) is 2. The van der Waals surface area contributed by atoms with Crippen molar-refractivity contribution in [1.29, 1.82) is 0 Å². The zero-order valence-corrected chi connectivity index (χ0v) is 13.7. The van der Waals surface area contributed by atoms with Gasteiger partial charge in [0.1, 0.15) is 5.76 Å². The highest BCUT2D eigenvalue weighted by atomic mass is 16.5. The van der Waals surface area contributed by atoms with Gasteiger partial charge in [0.2, 0.25) is 0 Å². The maximum atomic E-state index is 5.95. The molecule has 0 unspecified atom stereocenters. The minimum absolute atomic E-state index is 0.424. The van der Waals surface area contributed by atoms with E-state index < -0.39 is 0 Å². The Labute approximate surface area is 131 Å². The fourth-order valence-electron chi connectivity index (χ4n) is 2.31. The highest BCUT2D eigenvalue weighted by Gasteiger charge is 2.08. The summed E-state index contributed by atoms with van der Waals surface area (Å²) in [5, 5.41) is 7.07. The molecule has 0 bridgehead atoms. The van der Waals surface area contributed by atoms with E-state index in [4.69, 9.17) is 10.3 Å². The Morgan fingerprint density at radius 1 is 1.36 bits per heavy atom. The van der Waals surface area contributed by atoms with Crippen molar-refractivity contribution in [1.82, 2.24) is 5.16 Å². The van der Waals surface area contributed by atoms with Crippen LogP contribution in [-0.2, 0) is 6.42 Å². The third-order valence-corrected chi connectivity index (χ3v) is 3.65. The molecule has 0 aliphatic heterocycles. The number of nitrogens with two attached hydrogens (primary N) is 1. The predicted molar refractivity (Wildman–Crippen MR) is 90.3 cm³/mol. The second-order valence-electron chi connectivity index (χ2n) is 5.72. The molecule has 2 rings (SSSR count). The molecule has 22 heavy (non-hydrogen) atoms. The molecule has 1 aromatic heterocycles. The van der Waals surface area contributed by atoms with Gasteiger partial charge < -0.3 is 15.6 Å². The quantitative estimate of drug-likeness (QED) is 0.655. The second kappa shape index (κ2) is 7.11. The van der Waals surface area contributed by atoms with Gasteiger partial charge in [0.15, 0.2) is 5.96 Å². The molecule has 3 N–H and O–H groups in total. The lowest BCUT2D eigenvalue weighted by Crippen LogP contribution is -2.23. The third-order valence-electron chi connectivity index (χ3n) is 3.65. The summed E-state index contributed by atoms with van der Waals surface area (Å²) in [5.41, 5.74) is 10.2. The number of aromatic nitrogens is 1. The van der Waals surface area contributed by atoms with Crippen LogP contribution >= 0.6 is 0 Å². The van der Waals surface area contributed by atoms with Crippen molar-refractivity contribution in [3.05, 3.63) is 46.8 Å². The van der Waals surface area contributed by atoms with Crippen molar-refractivity contribution in [3.63, 3.8) is 0 Å². The number of nitrogens with one attached hydrogen (secondary N) is 1. The number of aryl methyl sites for hydroxylation is 2. The molecule has 0 amide bonds. The number of guanidine groups is 1. The summed E-state index contributed by atoms with van der Waals surface area (Å²) in [7, 11) is 0. The second-order valence-corrected chi connectivity index (χ2v) is 5.72. The normalized spacial score (nSPS) is 12.0. The number of hydrogen-bond acceptors (Lipinski definition) is 3. The van der Waals surface area contributed by atoms with Crippen LogP contribution in [0.2, 0.25) is 0 Å². The van der Waals surface area contributed by atoms with Gasteiger partial charge in [0, 0.05) is 17.8 Å². The average Bonchev–Trinajstić information content (AvgIpc) is 2.79. The highest BCUT2D eigenvalue weighted by Crippen LogP contribution is 2.18. The Hall–Kier alpha value is -2.30. The summed E-state index contributed by atoms with van der Waals surface area (Å²) in [6.45, 7) is 8.79. The number of aliphatic imine (C=N–C) groups is 1. The smallest absolute Gasteiger partial charge is 0.193 e. The number of nitrogens with zero attached hydrogens (tertiary/aromatic N) is 2. The number of rotatable bonds is 5. The Balaban J connectivity index is 1.94. The minimum atomic E-state index is 0.424. The van der Waals surface area contributed by atoms with Crippen molar-refractivity contribution in [2.75, 3.05) is 11.9 Å². The molecule has 1 aromatic carbocycles. The molecule has 2 aromatic rings. The van der Waals surface area contributed by atoms with Gasteiger partial charge >= 0.3 is 0 Å². The Bertz CT molecular complexity index is 639. The summed E-state index contributed by atoms with van der Waals surface area (Å²) in [5.74, 6) is 1.76. The number of anilines is 1. The van der Waals surface area contributed by atoms with E-state index in [1.165, 1.54) is 5.56 Å². The van der Waals surface area contributed by atoms with Gasteiger partial charge in [-0.25, -0.2) is 0 Å². The van der Waals surface area contributed by atoms with Crippen LogP contribution < -0.4 is 11.1 Å². The average molecular weight is 300 g/mol. The molecule has 5 nitrogen and oxygen atoms in total. The highest BCUT2D eigenvalue weighted by molar-refractivity contribution is 5.92. The molecule has 0 aliphatic rings. The van der Waals surface area contributed by atoms with Crippen LogP contribution in [0.3, 0.4) is 0 Å². The summed E-state index contributed by atoms with van der Waals surface area (Å²) in [6.07, 6.45) is 0.773. The van der Waals surface area contributed by atoms with E-state index in [0.29, 0.717) is 18.4 Å². The van der Waals surface area contributed by atoms with Gasteiger partial charge in [-0.3, -0.25) is 4.99 Å². The Kier molecular flexibility index (Phi) is 5.20. The van der Waals surface area contributed by atoms with Crippen LogP contribution in [0.25, 0.3) is 0 Å². The topological polar surface area (TPSA) is 76.4 Å². The lowest BCUT2D eigenvalue weighted by molar-refractivity contribution is 0.392. The summed E-state index contributed by atoms with van der Waals surface area (Å²) in [6, 6.07) is 8.22. The van der Waals surface area contributed by atoms with E-state index in [1.807, 2.05) is 26.0 Å². The van der Waals surface area contributed by atoms with Crippen LogP contribution in [0.4, 0.5) is 5.69 Å². The van der Waals surface area contributed by atoms with Gasteiger partial charge in [-0.2, -0.15) is 0 Å². The van der Waals surface area contributed by atoms with Crippen LogP contribution in [0.15, 0.2) is 33.8 Å². The van der Waals surface area contributed by atoms with Gasteiger partial charge in [-0.1, -0.05) is 31.1 Å². The first-order valence-corrected chi connectivity index (χ1v) is 7.56. The molecule has 0 spiro atoms. The fourth-order valence-corrected chi connectivity index (χ4v) is 2.31. The van der Waals surface area contributed by atoms with Crippen molar-refractivity contribution in [3.8, 4) is 0 Å². The van der Waals surface area contributed by atoms with Gasteiger partial charge in [0.05, 0.1) is 5.69 Å². The molecule has 0 atom stereocenters. The molecule has 0 saturated carbocycles. The molecule has 0 saturated heterocycles. The van der Waals surface area contributed by atoms with Crippen LogP contribution in [-0.4, -0.2) is 17.7 Å². The summed E-state index contributed by atoms with van der Waals surface area (Å²) >= 11 is 0. The SMILES string of the molecule is Cc1noc(C)c1CCN=C(N)Nc1cccc(C(C)C)c1. The molecule has 0 aliphatic carbocycles. The zero-order chi connectivity index (χ0) is 16.1. The van der Waals surface area contributed by atoms with E-state index in [9.17, 15) is 0 Å². The van der Waals surface area contributed by atoms with Gasteiger partial charge in [0.25, 0.3) is 0 Å². The Morgan fingerprint density at radius 3 is 2.77 bits per heavy atom. The van der Waals surface area contributed by atoms with E-state index >= 15 is 0 Å². The van der Waals surface area contributed by atoms with Crippen molar-refractivity contribution in [2.45, 2.75) is 40.0 Å². The van der Waals surface area contributed by atoms with Crippen LogP contribution in [0.5, 0.6) is 0 Å². The Morgan fingerprint density at radius 2 is 2.14 bits per heavy atom. The first kappa shape index (κ1) is 16.1. The standard InChI is InChI=1S/C17H24N4O/c1-11(2)14-6-5-7-15(10-14)20-17(18)19-9-8-16-12(3)21-22-13(16)4/h5-7,10-11H,8-9H2,1-4H3,(H3,18,19,20). The molecule has 1 heterocycles. The number of benzene rings is 1. The molecule has 5 heteroatoms. The molecule has 0 radical (unpaired) electrons. The van der Waals surface area contributed by atoms with E-state index in [2.05, 4.69) is 41.4 Å². The maximum Gasteiger partial charge on any atom is 0.193 e. The van der Waals surface area contributed by atoms with E-state index in [0.717, 1.165) is 29.1 Å². The van der Waals surface area contributed by atoms with Crippen LogP contribution in [0, 0.1) is 13.8 Å². The predicted octanol–water partition coefficient (Wildman–Crippen LogP) is 3.38. The molecule has 0 fully saturated rings. The molecular formula is C17H24N4O. The van der Waals surface area contributed by atoms with Crippen LogP contribution in [0.1, 0.15) is 42.3 Å². The van der Waals surface area contributed by atoms with E-state index in [1.54, 1.807) is 0 Å². The largest absolute Gasteiger partial charge is 0.370 e. The first-order valence-electron chi connectivity index (χ1n) is 7.56. The monoisotopic (exact) mass is 300 g/mol. The summed E-state index contributed by atoms with van der Waals surface area (Å²) < 4.78 is 5.14. The lowest BCUT2D eigenvalue weighted by Gasteiger charge is -2.10. The lowest BCUT2D eigenvalue weighted by atomic mass is 10.0.